The fraction of sp³-hybridized carbons (Fsp3) is 0.308. The minimum absolute atomic E-state index is 0.0374. The van der Waals surface area contributed by atoms with Crippen molar-refractivity contribution in [2.45, 2.75) is 24.3 Å². The minimum atomic E-state index is 0.0374. The average Bonchev–Trinajstić information content (AvgIpc) is 2.87. The molecule has 2 rings (SSSR count). The van der Waals surface area contributed by atoms with Crippen LogP contribution in [0.5, 0.6) is 0 Å². The predicted octanol–water partition coefficient (Wildman–Crippen LogP) is 3.00. The molecule has 17 heavy (non-hydrogen) atoms. The summed E-state index contributed by atoms with van der Waals surface area (Å²) < 4.78 is 2.06. The van der Waals surface area contributed by atoms with Gasteiger partial charge in [0, 0.05) is 16.6 Å². The monoisotopic (exact) mass is 247 g/mol. The maximum Gasteiger partial charge on any atom is 0.0994 e. The third-order valence-electron chi connectivity index (χ3n) is 2.82. The molecule has 3 nitrogen and oxygen atoms in total. The first kappa shape index (κ1) is 12.2. The summed E-state index contributed by atoms with van der Waals surface area (Å²) in [6.45, 7) is 2.08. The van der Waals surface area contributed by atoms with Gasteiger partial charge in [0.05, 0.1) is 18.2 Å². The Morgan fingerprint density at radius 1 is 1.47 bits per heavy atom. The van der Waals surface area contributed by atoms with E-state index in [0.717, 1.165) is 17.8 Å². The molecule has 0 saturated heterocycles. The van der Waals surface area contributed by atoms with Crippen LogP contribution in [0.25, 0.3) is 5.69 Å². The van der Waals surface area contributed by atoms with Gasteiger partial charge in [-0.15, -0.1) is 11.8 Å². The summed E-state index contributed by atoms with van der Waals surface area (Å²) in [6.07, 6.45) is 6.66. The Bertz CT molecular complexity index is 493. The van der Waals surface area contributed by atoms with Crippen LogP contribution in [-0.4, -0.2) is 15.8 Å². The molecule has 0 fully saturated rings. The van der Waals surface area contributed by atoms with Crippen molar-refractivity contribution in [2.75, 3.05) is 6.26 Å². The Morgan fingerprint density at radius 2 is 2.29 bits per heavy atom. The lowest BCUT2D eigenvalue weighted by atomic mass is 10.2. The Morgan fingerprint density at radius 3 is 3.00 bits per heavy atom. The second-order valence-corrected chi connectivity index (χ2v) is 4.78. The van der Waals surface area contributed by atoms with Gasteiger partial charge < -0.3 is 10.3 Å². The number of nitrogens with two attached hydrogens (primary N) is 1. The Balaban J connectivity index is 2.42. The minimum Gasteiger partial charge on any atom is -0.323 e. The molecule has 0 aliphatic rings. The van der Waals surface area contributed by atoms with Crippen molar-refractivity contribution in [2.24, 2.45) is 5.73 Å². The molecule has 0 bridgehead atoms. The van der Waals surface area contributed by atoms with Crippen LogP contribution in [0.3, 0.4) is 0 Å². The summed E-state index contributed by atoms with van der Waals surface area (Å²) in [5.41, 5.74) is 8.26. The second kappa shape index (κ2) is 5.38. The molecule has 0 amide bonds. The fourth-order valence-corrected chi connectivity index (χ4v) is 2.22. The van der Waals surface area contributed by atoms with Crippen LogP contribution in [0.1, 0.15) is 25.1 Å². The highest BCUT2D eigenvalue weighted by molar-refractivity contribution is 7.98. The smallest absolute Gasteiger partial charge is 0.0994 e. The lowest BCUT2D eigenvalue weighted by Gasteiger charge is -2.13. The van der Waals surface area contributed by atoms with Crippen molar-refractivity contribution < 1.29 is 0 Å². The molecule has 0 radical (unpaired) electrons. The lowest BCUT2D eigenvalue weighted by molar-refractivity contribution is 0.659. The molecule has 1 atom stereocenters. The average molecular weight is 247 g/mol. The number of hydrogen-bond acceptors (Lipinski definition) is 3. The standard InChI is InChI=1S/C13H17N3S/c1-3-12(14)13-8-15-9-16(13)10-5-4-6-11(7-10)17-2/h4-9,12H,3,14H2,1-2H3/t12-/m1/s1. The van der Waals surface area contributed by atoms with E-state index < -0.39 is 0 Å². The molecular weight excluding hydrogens is 230 g/mol. The van der Waals surface area contributed by atoms with E-state index in [1.165, 1.54) is 4.90 Å². The van der Waals surface area contributed by atoms with Crippen LogP contribution >= 0.6 is 11.8 Å². The summed E-state index contributed by atoms with van der Waals surface area (Å²) in [6, 6.07) is 8.42. The lowest BCUT2D eigenvalue weighted by Crippen LogP contribution is -2.13. The molecule has 0 saturated carbocycles. The van der Waals surface area contributed by atoms with Gasteiger partial charge in [0.1, 0.15) is 0 Å². The summed E-state index contributed by atoms with van der Waals surface area (Å²) in [4.78, 5) is 5.44. The van der Waals surface area contributed by atoms with Crippen molar-refractivity contribution in [3.8, 4) is 5.69 Å². The highest BCUT2D eigenvalue weighted by atomic mass is 32.2. The van der Waals surface area contributed by atoms with Gasteiger partial charge in [0.15, 0.2) is 0 Å². The maximum atomic E-state index is 6.08. The third-order valence-corrected chi connectivity index (χ3v) is 3.54. The topological polar surface area (TPSA) is 43.8 Å². The molecule has 2 N–H and O–H groups in total. The molecule has 4 heteroatoms. The molecular formula is C13H17N3S. The van der Waals surface area contributed by atoms with Gasteiger partial charge in [-0.3, -0.25) is 0 Å². The van der Waals surface area contributed by atoms with E-state index in [4.69, 9.17) is 5.73 Å². The van der Waals surface area contributed by atoms with Gasteiger partial charge in [-0.25, -0.2) is 4.98 Å². The van der Waals surface area contributed by atoms with E-state index in [9.17, 15) is 0 Å². The second-order valence-electron chi connectivity index (χ2n) is 3.90. The summed E-state index contributed by atoms with van der Waals surface area (Å²) in [7, 11) is 0. The number of thioether (sulfide) groups is 1. The first-order chi connectivity index (χ1) is 8.26. The third kappa shape index (κ3) is 2.53. The van der Waals surface area contributed by atoms with Gasteiger partial charge in [0.2, 0.25) is 0 Å². The number of nitrogens with zero attached hydrogens (tertiary/aromatic N) is 2. The first-order valence-electron chi connectivity index (χ1n) is 5.68. The van der Waals surface area contributed by atoms with Crippen LogP contribution in [-0.2, 0) is 0 Å². The van der Waals surface area contributed by atoms with E-state index in [0.29, 0.717) is 0 Å². The summed E-state index contributed by atoms with van der Waals surface area (Å²) in [5.74, 6) is 0. The van der Waals surface area contributed by atoms with Crippen LogP contribution < -0.4 is 5.73 Å². The van der Waals surface area contributed by atoms with Crippen molar-refractivity contribution >= 4 is 11.8 Å². The molecule has 0 unspecified atom stereocenters. The van der Waals surface area contributed by atoms with Crippen molar-refractivity contribution in [3.05, 3.63) is 42.5 Å². The quantitative estimate of drug-likeness (QED) is 0.845. The number of hydrogen-bond donors (Lipinski definition) is 1. The van der Waals surface area contributed by atoms with Gasteiger partial charge >= 0.3 is 0 Å². The zero-order chi connectivity index (χ0) is 12.3. The van der Waals surface area contributed by atoms with Gasteiger partial charge in [-0.2, -0.15) is 0 Å². The van der Waals surface area contributed by atoms with E-state index in [-0.39, 0.29) is 6.04 Å². The normalized spacial score (nSPS) is 12.6. The predicted molar refractivity (Wildman–Crippen MR) is 72.6 cm³/mol. The SMILES string of the molecule is CC[C@@H](N)c1cncn1-c1cccc(SC)c1. The molecule has 90 valence electrons. The fourth-order valence-electron chi connectivity index (χ4n) is 1.76. The van der Waals surface area contributed by atoms with Crippen molar-refractivity contribution in [1.82, 2.24) is 9.55 Å². The van der Waals surface area contributed by atoms with Gasteiger partial charge in [0.25, 0.3) is 0 Å². The number of rotatable bonds is 4. The first-order valence-corrected chi connectivity index (χ1v) is 6.91. The number of imidazole rings is 1. The molecule has 1 aromatic carbocycles. The molecule has 0 spiro atoms. The van der Waals surface area contributed by atoms with Crippen LogP contribution in [0.4, 0.5) is 0 Å². The van der Waals surface area contributed by atoms with E-state index >= 15 is 0 Å². The zero-order valence-electron chi connectivity index (χ0n) is 10.1. The van der Waals surface area contributed by atoms with E-state index in [1.54, 1.807) is 11.8 Å². The highest BCUT2D eigenvalue weighted by Crippen LogP contribution is 2.22. The van der Waals surface area contributed by atoms with Gasteiger partial charge in [-0.05, 0) is 30.9 Å². The van der Waals surface area contributed by atoms with Crippen LogP contribution in [0.15, 0.2) is 41.7 Å². The van der Waals surface area contributed by atoms with E-state index in [2.05, 4.69) is 47.0 Å². The molecule has 1 heterocycles. The number of benzene rings is 1. The van der Waals surface area contributed by atoms with Crippen molar-refractivity contribution in [1.29, 1.82) is 0 Å². The van der Waals surface area contributed by atoms with Crippen LogP contribution in [0.2, 0.25) is 0 Å². The van der Waals surface area contributed by atoms with Crippen molar-refractivity contribution in [3.63, 3.8) is 0 Å². The van der Waals surface area contributed by atoms with E-state index in [1.807, 2.05) is 12.5 Å². The molecule has 0 aliphatic carbocycles. The Hall–Kier alpha value is -1.26. The highest BCUT2D eigenvalue weighted by Gasteiger charge is 2.10. The largest absolute Gasteiger partial charge is 0.323 e. The molecule has 1 aromatic heterocycles. The number of aromatic nitrogens is 2. The van der Waals surface area contributed by atoms with Gasteiger partial charge in [-0.1, -0.05) is 13.0 Å². The maximum absolute atomic E-state index is 6.08. The van der Waals surface area contributed by atoms with Crippen LogP contribution in [0, 0.1) is 0 Å². The molecule has 2 aromatic rings. The summed E-state index contributed by atoms with van der Waals surface area (Å²) >= 11 is 1.74. The molecule has 0 aliphatic heterocycles. The Kier molecular flexibility index (Phi) is 3.86. The summed E-state index contributed by atoms with van der Waals surface area (Å²) in [5, 5.41) is 0. The zero-order valence-corrected chi connectivity index (χ0v) is 10.9. The Labute approximate surface area is 106 Å².